The molecule has 1 aromatic carbocycles. The van der Waals surface area contributed by atoms with Crippen LogP contribution in [0.2, 0.25) is 0 Å². The Morgan fingerprint density at radius 2 is 1.67 bits per heavy atom. The van der Waals surface area contributed by atoms with Gasteiger partial charge in [0.2, 0.25) is 0 Å². The molecule has 0 amide bonds. The van der Waals surface area contributed by atoms with Gasteiger partial charge in [0.15, 0.2) is 0 Å². The van der Waals surface area contributed by atoms with E-state index in [1.807, 2.05) is 0 Å². The molecule has 5 heteroatoms. The van der Waals surface area contributed by atoms with Gasteiger partial charge in [-0.15, -0.1) is 0 Å². The first-order chi connectivity index (χ1) is 5.17. The third-order valence-electron chi connectivity index (χ3n) is 1.25. The van der Waals surface area contributed by atoms with Crippen LogP contribution in [-0.2, 0) is 14.3 Å². The van der Waals surface area contributed by atoms with Crippen molar-refractivity contribution in [3.8, 4) is 0 Å². The quantitative estimate of drug-likeness (QED) is 0.488. The van der Waals surface area contributed by atoms with Crippen molar-refractivity contribution in [3.63, 3.8) is 0 Å². The van der Waals surface area contributed by atoms with Gasteiger partial charge in [-0.3, -0.25) is 4.18 Å². The SMILES string of the molecule is COS(=O)(=O)c1ccccc1.[LiH]. The fourth-order valence-corrected chi connectivity index (χ4v) is 1.37. The van der Waals surface area contributed by atoms with E-state index in [1.165, 1.54) is 12.1 Å². The molecular formula is C7H9LiO3S. The molecule has 0 heterocycles. The fraction of sp³-hybridized carbons (Fsp3) is 0.143. The topological polar surface area (TPSA) is 43.4 Å². The van der Waals surface area contributed by atoms with Crippen molar-refractivity contribution in [3.05, 3.63) is 30.3 Å². The van der Waals surface area contributed by atoms with Crippen LogP contribution >= 0.6 is 0 Å². The van der Waals surface area contributed by atoms with Crippen LogP contribution < -0.4 is 0 Å². The van der Waals surface area contributed by atoms with Gasteiger partial charge < -0.3 is 0 Å². The normalized spacial score (nSPS) is 10.4. The Bertz CT molecular complexity index is 320. The van der Waals surface area contributed by atoms with E-state index in [1.54, 1.807) is 18.2 Å². The molecule has 0 saturated heterocycles. The first-order valence-corrected chi connectivity index (χ1v) is 4.43. The number of hydrogen-bond acceptors (Lipinski definition) is 3. The van der Waals surface area contributed by atoms with E-state index < -0.39 is 10.1 Å². The molecular weight excluding hydrogens is 171 g/mol. The summed E-state index contributed by atoms with van der Waals surface area (Å²) in [6, 6.07) is 8.00. The third-order valence-corrected chi connectivity index (χ3v) is 2.54. The first kappa shape index (κ1) is 11.7. The van der Waals surface area contributed by atoms with Gasteiger partial charge in [-0.05, 0) is 12.1 Å². The van der Waals surface area contributed by atoms with Crippen molar-refractivity contribution in [2.45, 2.75) is 4.90 Å². The van der Waals surface area contributed by atoms with Crippen LogP contribution in [-0.4, -0.2) is 34.4 Å². The predicted octanol–water partition coefficient (Wildman–Crippen LogP) is 0.373. The number of hydrogen-bond donors (Lipinski definition) is 0. The zero-order valence-corrected chi connectivity index (χ0v) is 6.84. The summed E-state index contributed by atoms with van der Waals surface area (Å²) < 4.78 is 26.3. The molecule has 0 radical (unpaired) electrons. The molecule has 0 spiro atoms. The molecule has 1 aromatic rings. The Morgan fingerprint density at radius 3 is 2.08 bits per heavy atom. The van der Waals surface area contributed by atoms with Gasteiger partial charge >= 0.3 is 18.9 Å². The average molecular weight is 180 g/mol. The zero-order valence-electron chi connectivity index (χ0n) is 6.02. The maximum absolute atomic E-state index is 11.0. The van der Waals surface area contributed by atoms with Gasteiger partial charge in [-0.25, -0.2) is 0 Å². The number of benzene rings is 1. The van der Waals surface area contributed by atoms with Crippen molar-refractivity contribution in [2.75, 3.05) is 7.11 Å². The molecule has 1 rings (SSSR count). The Morgan fingerprint density at radius 1 is 1.17 bits per heavy atom. The second-order valence-electron chi connectivity index (χ2n) is 1.93. The summed E-state index contributed by atoms with van der Waals surface area (Å²) in [5, 5.41) is 0. The maximum atomic E-state index is 11.0. The van der Waals surface area contributed by atoms with Gasteiger partial charge in [0.05, 0.1) is 12.0 Å². The summed E-state index contributed by atoms with van der Waals surface area (Å²) >= 11 is 0. The Balaban J connectivity index is 0.00000121. The van der Waals surface area contributed by atoms with E-state index in [4.69, 9.17) is 0 Å². The van der Waals surface area contributed by atoms with Gasteiger partial charge in [0, 0.05) is 0 Å². The molecule has 3 nitrogen and oxygen atoms in total. The standard InChI is InChI=1S/C7H8O3S.Li.H/c1-10-11(8,9)7-5-3-2-4-6-7;;/h2-6H,1H3;;. The van der Waals surface area contributed by atoms with Crippen molar-refractivity contribution in [2.24, 2.45) is 0 Å². The van der Waals surface area contributed by atoms with Gasteiger partial charge in [-0.2, -0.15) is 8.42 Å². The van der Waals surface area contributed by atoms with Gasteiger partial charge in [0.1, 0.15) is 0 Å². The Kier molecular flexibility index (Phi) is 4.57. The van der Waals surface area contributed by atoms with E-state index >= 15 is 0 Å². The van der Waals surface area contributed by atoms with Crippen LogP contribution in [0.3, 0.4) is 0 Å². The summed E-state index contributed by atoms with van der Waals surface area (Å²) in [5.74, 6) is 0. The van der Waals surface area contributed by atoms with Crippen LogP contribution in [0.5, 0.6) is 0 Å². The Hall–Kier alpha value is -0.273. The molecule has 62 valence electrons. The molecule has 0 N–H and O–H groups in total. The van der Waals surface area contributed by atoms with E-state index in [9.17, 15) is 8.42 Å². The second-order valence-corrected chi connectivity index (χ2v) is 3.65. The summed E-state index contributed by atoms with van der Waals surface area (Å²) in [6.07, 6.45) is 0. The molecule has 0 aliphatic carbocycles. The summed E-state index contributed by atoms with van der Waals surface area (Å²) in [6.45, 7) is 0. The first-order valence-electron chi connectivity index (χ1n) is 3.02. The van der Waals surface area contributed by atoms with Crippen molar-refractivity contribution >= 4 is 29.0 Å². The fourth-order valence-electron chi connectivity index (χ4n) is 0.683. The molecule has 0 saturated carbocycles. The van der Waals surface area contributed by atoms with Gasteiger partial charge in [-0.1, -0.05) is 18.2 Å². The second kappa shape index (κ2) is 4.68. The monoisotopic (exact) mass is 180 g/mol. The van der Waals surface area contributed by atoms with Crippen molar-refractivity contribution < 1.29 is 12.6 Å². The molecule has 0 aliphatic rings. The third kappa shape index (κ3) is 2.65. The van der Waals surface area contributed by atoms with E-state index in [-0.39, 0.29) is 23.8 Å². The predicted molar refractivity (Wildman–Crippen MR) is 47.8 cm³/mol. The minimum absolute atomic E-state index is 0. The van der Waals surface area contributed by atoms with Crippen molar-refractivity contribution in [1.82, 2.24) is 0 Å². The summed E-state index contributed by atoms with van der Waals surface area (Å²) in [4.78, 5) is 0.183. The average Bonchev–Trinajstić information content (AvgIpc) is 2.06. The Labute approximate surface area is 84.0 Å². The van der Waals surface area contributed by atoms with Crippen LogP contribution in [0.15, 0.2) is 35.2 Å². The van der Waals surface area contributed by atoms with Crippen molar-refractivity contribution in [1.29, 1.82) is 0 Å². The summed E-state index contributed by atoms with van der Waals surface area (Å²) in [5.41, 5.74) is 0. The summed E-state index contributed by atoms with van der Waals surface area (Å²) in [7, 11) is -2.36. The van der Waals surface area contributed by atoms with Crippen LogP contribution in [0.4, 0.5) is 0 Å². The van der Waals surface area contributed by atoms with E-state index in [2.05, 4.69) is 4.18 Å². The molecule has 0 aromatic heterocycles. The molecule has 0 unspecified atom stereocenters. The van der Waals surface area contributed by atoms with E-state index in [0.29, 0.717) is 0 Å². The molecule has 0 fully saturated rings. The molecule has 0 bridgehead atoms. The van der Waals surface area contributed by atoms with Crippen LogP contribution in [0, 0.1) is 0 Å². The van der Waals surface area contributed by atoms with Crippen LogP contribution in [0.1, 0.15) is 0 Å². The molecule has 0 atom stereocenters. The molecule has 0 aliphatic heterocycles. The van der Waals surface area contributed by atoms with Crippen LogP contribution in [0.25, 0.3) is 0 Å². The van der Waals surface area contributed by atoms with E-state index in [0.717, 1.165) is 7.11 Å². The number of rotatable bonds is 2. The van der Waals surface area contributed by atoms with Gasteiger partial charge in [0.25, 0.3) is 10.1 Å². The molecule has 12 heavy (non-hydrogen) atoms. The minimum atomic E-state index is -3.50. The zero-order chi connectivity index (χ0) is 8.32.